The molecule has 0 aliphatic heterocycles. The standard InChI is InChI=1S/C20H19ClN6OS/c1-13-23-19(25-27(13)12-14-5-4-6-17(11-14)29(3)21)20-24-18(26-28-20)15-7-9-16(22-2)10-8-15/h4-11,22H,3,12H2,1-2H3. The van der Waals surface area contributed by atoms with Crippen LogP contribution >= 0.6 is 20.4 Å². The minimum atomic E-state index is -0.555. The molecule has 0 saturated carbocycles. The van der Waals surface area contributed by atoms with Gasteiger partial charge in [0.2, 0.25) is 11.6 Å². The quantitative estimate of drug-likeness (QED) is 0.453. The van der Waals surface area contributed by atoms with Crippen LogP contribution in [0.15, 0.2) is 57.9 Å². The first-order valence-corrected chi connectivity index (χ1v) is 11.1. The zero-order valence-electron chi connectivity index (χ0n) is 16.0. The summed E-state index contributed by atoms with van der Waals surface area (Å²) in [6, 6.07) is 15.8. The average Bonchev–Trinajstić information content (AvgIpc) is 3.36. The Labute approximate surface area is 175 Å². The molecule has 0 aliphatic carbocycles. The van der Waals surface area contributed by atoms with Crippen LogP contribution in [0.25, 0.3) is 23.1 Å². The topological polar surface area (TPSA) is 81.7 Å². The number of benzene rings is 2. The summed E-state index contributed by atoms with van der Waals surface area (Å²) in [5.74, 6) is 5.82. The Morgan fingerprint density at radius 2 is 1.93 bits per heavy atom. The molecule has 148 valence electrons. The molecule has 0 aliphatic rings. The molecule has 7 nitrogen and oxygen atoms in total. The predicted octanol–water partition coefficient (Wildman–Crippen LogP) is 4.61. The molecule has 1 unspecified atom stereocenters. The SMILES string of the molecule is C=S(Cl)c1cccc(Cn2nc(-c3nc(-c4ccc(NC)cc4)no3)nc2C)c1. The summed E-state index contributed by atoms with van der Waals surface area (Å²) in [6.07, 6.45) is 0. The van der Waals surface area contributed by atoms with Gasteiger partial charge in [0.15, 0.2) is 0 Å². The van der Waals surface area contributed by atoms with Crippen molar-refractivity contribution >= 4 is 31.9 Å². The Balaban J connectivity index is 1.57. The smallest absolute Gasteiger partial charge is 0.297 e. The van der Waals surface area contributed by atoms with Crippen molar-refractivity contribution < 1.29 is 4.52 Å². The molecule has 1 N–H and O–H groups in total. The van der Waals surface area contributed by atoms with Gasteiger partial charge in [0.25, 0.3) is 5.89 Å². The number of aryl methyl sites for hydroxylation is 1. The van der Waals surface area contributed by atoms with Crippen LogP contribution in [0.5, 0.6) is 0 Å². The Hall–Kier alpha value is -2.97. The van der Waals surface area contributed by atoms with Gasteiger partial charge in [-0.25, -0.2) is 9.67 Å². The first-order chi connectivity index (χ1) is 14.0. The van der Waals surface area contributed by atoms with Crippen LogP contribution in [-0.4, -0.2) is 37.8 Å². The molecule has 29 heavy (non-hydrogen) atoms. The van der Waals surface area contributed by atoms with Crippen molar-refractivity contribution in [2.75, 3.05) is 12.4 Å². The third-order valence-electron chi connectivity index (χ3n) is 4.39. The van der Waals surface area contributed by atoms with Crippen LogP contribution in [-0.2, 0) is 6.54 Å². The molecule has 2 aromatic carbocycles. The van der Waals surface area contributed by atoms with E-state index >= 15 is 0 Å². The van der Waals surface area contributed by atoms with Crippen molar-refractivity contribution in [3.8, 4) is 23.1 Å². The second-order valence-electron chi connectivity index (χ2n) is 6.37. The van der Waals surface area contributed by atoms with E-state index in [0.29, 0.717) is 18.2 Å². The van der Waals surface area contributed by atoms with Gasteiger partial charge >= 0.3 is 0 Å². The molecular weight excluding hydrogens is 408 g/mol. The molecule has 0 saturated heterocycles. The van der Waals surface area contributed by atoms with Gasteiger partial charge in [-0.3, -0.25) is 0 Å². The first kappa shape index (κ1) is 19.4. The highest BCUT2D eigenvalue weighted by atomic mass is 35.7. The number of hydrogen-bond acceptors (Lipinski definition) is 6. The molecule has 2 heterocycles. The number of halogens is 1. The molecule has 1 atom stereocenters. The van der Waals surface area contributed by atoms with Crippen LogP contribution in [0.2, 0.25) is 0 Å². The van der Waals surface area contributed by atoms with Crippen LogP contribution in [0.1, 0.15) is 11.4 Å². The van der Waals surface area contributed by atoms with Gasteiger partial charge in [-0.05, 0) is 59.6 Å². The summed E-state index contributed by atoms with van der Waals surface area (Å²) < 4.78 is 7.19. The zero-order chi connectivity index (χ0) is 20.4. The minimum absolute atomic E-state index is 0.286. The molecule has 0 amide bonds. The second kappa shape index (κ2) is 8.18. The Morgan fingerprint density at radius 1 is 1.14 bits per heavy atom. The summed E-state index contributed by atoms with van der Waals surface area (Å²) in [4.78, 5) is 9.92. The number of aromatic nitrogens is 5. The maximum absolute atomic E-state index is 6.11. The van der Waals surface area contributed by atoms with E-state index < -0.39 is 9.70 Å². The van der Waals surface area contributed by atoms with E-state index in [-0.39, 0.29) is 5.89 Å². The van der Waals surface area contributed by atoms with Crippen LogP contribution in [0, 0.1) is 6.92 Å². The maximum Gasteiger partial charge on any atom is 0.297 e. The van der Waals surface area contributed by atoms with E-state index in [9.17, 15) is 0 Å². The minimum Gasteiger partial charge on any atom is -0.388 e. The summed E-state index contributed by atoms with van der Waals surface area (Å²) in [5, 5.41) is 11.7. The van der Waals surface area contributed by atoms with Crippen LogP contribution in [0.4, 0.5) is 5.69 Å². The van der Waals surface area contributed by atoms with Gasteiger partial charge in [-0.1, -0.05) is 32.9 Å². The molecule has 0 spiro atoms. The largest absolute Gasteiger partial charge is 0.388 e. The molecule has 0 bridgehead atoms. The number of anilines is 1. The van der Waals surface area contributed by atoms with Crippen molar-refractivity contribution in [3.05, 3.63) is 59.9 Å². The summed E-state index contributed by atoms with van der Waals surface area (Å²) in [7, 11) is 7.43. The van der Waals surface area contributed by atoms with Gasteiger partial charge in [-0.15, -0.1) is 5.10 Å². The third-order valence-corrected chi connectivity index (χ3v) is 5.69. The monoisotopic (exact) mass is 426 g/mol. The van der Waals surface area contributed by atoms with E-state index in [1.807, 2.05) is 62.5 Å². The summed E-state index contributed by atoms with van der Waals surface area (Å²) in [5.41, 5.74) is 2.94. The van der Waals surface area contributed by atoms with Crippen molar-refractivity contribution in [3.63, 3.8) is 0 Å². The Morgan fingerprint density at radius 3 is 2.66 bits per heavy atom. The lowest BCUT2D eigenvalue weighted by Gasteiger charge is -2.05. The number of nitrogens with zero attached hydrogens (tertiary/aromatic N) is 5. The zero-order valence-corrected chi connectivity index (χ0v) is 17.5. The predicted molar refractivity (Wildman–Crippen MR) is 117 cm³/mol. The van der Waals surface area contributed by atoms with Gasteiger partial charge in [0.05, 0.1) is 6.54 Å². The van der Waals surface area contributed by atoms with E-state index in [1.54, 1.807) is 4.68 Å². The molecule has 9 heteroatoms. The van der Waals surface area contributed by atoms with E-state index in [0.717, 1.165) is 27.5 Å². The van der Waals surface area contributed by atoms with Gasteiger partial charge in [0, 0.05) is 23.2 Å². The Bertz CT molecular complexity index is 1170. The van der Waals surface area contributed by atoms with Gasteiger partial charge in [0.1, 0.15) is 5.82 Å². The fraction of sp³-hybridized carbons (Fsp3) is 0.150. The van der Waals surface area contributed by atoms with E-state index in [2.05, 4.69) is 31.4 Å². The molecule has 2 aromatic heterocycles. The lowest BCUT2D eigenvalue weighted by molar-refractivity contribution is 0.429. The molecule has 0 radical (unpaired) electrons. The second-order valence-corrected chi connectivity index (χ2v) is 8.62. The van der Waals surface area contributed by atoms with Crippen molar-refractivity contribution in [2.45, 2.75) is 18.4 Å². The highest BCUT2D eigenvalue weighted by molar-refractivity contribution is 8.33. The van der Waals surface area contributed by atoms with Gasteiger partial charge < -0.3 is 9.84 Å². The lowest BCUT2D eigenvalue weighted by atomic mass is 10.2. The summed E-state index contributed by atoms with van der Waals surface area (Å²) >= 11 is 0. The fourth-order valence-electron chi connectivity index (χ4n) is 2.83. The third kappa shape index (κ3) is 4.23. The van der Waals surface area contributed by atoms with Crippen molar-refractivity contribution in [2.24, 2.45) is 0 Å². The van der Waals surface area contributed by atoms with Crippen LogP contribution < -0.4 is 5.32 Å². The van der Waals surface area contributed by atoms with E-state index in [4.69, 9.17) is 15.2 Å². The average molecular weight is 427 g/mol. The highest BCUT2D eigenvalue weighted by Crippen LogP contribution is 2.29. The van der Waals surface area contributed by atoms with Gasteiger partial charge in [-0.2, -0.15) is 4.98 Å². The maximum atomic E-state index is 6.11. The molecular formula is C20H19ClN6OS. The number of rotatable bonds is 6. The molecule has 4 rings (SSSR count). The number of nitrogens with one attached hydrogen (secondary N) is 1. The Kier molecular flexibility index (Phi) is 5.46. The highest BCUT2D eigenvalue weighted by Gasteiger charge is 2.17. The molecule has 4 aromatic rings. The van der Waals surface area contributed by atoms with Crippen molar-refractivity contribution in [1.82, 2.24) is 24.9 Å². The fourth-order valence-corrected chi connectivity index (χ4v) is 3.63. The number of hydrogen-bond donors (Lipinski definition) is 1. The normalized spacial score (nSPS) is 12.1. The van der Waals surface area contributed by atoms with Crippen molar-refractivity contribution in [1.29, 1.82) is 0 Å². The van der Waals surface area contributed by atoms with E-state index in [1.165, 1.54) is 0 Å². The van der Waals surface area contributed by atoms with Crippen LogP contribution in [0.3, 0.4) is 0 Å². The summed E-state index contributed by atoms with van der Waals surface area (Å²) in [6.45, 7) is 2.45. The molecule has 0 fully saturated rings. The lowest BCUT2D eigenvalue weighted by Crippen LogP contribution is -2.04. The first-order valence-electron chi connectivity index (χ1n) is 8.86.